The van der Waals surface area contributed by atoms with Crippen molar-refractivity contribution in [2.24, 2.45) is 0 Å². The summed E-state index contributed by atoms with van der Waals surface area (Å²) in [5.74, 6) is 1.77. The average molecular weight is 672 g/mol. The van der Waals surface area contributed by atoms with Gasteiger partial charge < -0.3 is 4.42 Å². The van der Waals surface area contributed by atoms with E-state index in [1.807, 2.05) is 42.5 Å². The zero-order valence-electron chi connectivity index (χ0n) is 27.0. The number of hydrogen-bond donors (Lipinski definition) is 0. The van der Waals surface area contributed by atoms with E-state index < -0.39 is 0 Å². The minimum absolute atomic E-state index is 0.570. The van der Waals surface area contributed by atoms with Crippen molar-refractivity contribution in [1.29, 1.82) is 0 Å². The highest BCUT2D eigenvalue weighted by Gasteiger charge is 2.22. The van der Waals surface area contributed by atoms with E-state index in [-0.39, 0.29) is 0 Å². The summed E-state index contributed by atoms with van der Waals surface area (Å²) >= 11 is 1.77. The molecule has 11 rings (SSSR count). The molecule has 6 nitrogen and oxygen atoms in total. The van der Waals surface area contributed by atoms with E-state index in [4.69, 9.17) is 24.4 Å². The molecule has 5 heterocycles. The van der Waals surface area contributed by atoms with Gasteiger partial charge in [0, 0.05) is 48.3 Å². The molecular formula is C44H25N5OS. The molecule has 0 saturated heterocycles. The van der Waals surface area contributed by atoms with E-state index in [0.717, 1.165) is 81.7 Å². The van der Waals surface area contributed by atoms with Crippen molar-refractivity contribution in [2.75, 3.05) is 0 Å². The van der Waals surface area contributed by atoms with Crippen molar-refractivity contribution >= 4 is 75.4 Å². The Morgan fingerprint density at radius 1 is 0.471 bits per heavy atom. The molecular weight excluding hydrogens is 647 g/mol. The Hall–Kier alpha value is -6.70. The first kappa shape index (κ1) is 28.2. The van der Waals surface area contributed by atoms with Gasteiger partial charge in [0.1, 0.15) is 11.3 Å². The van der Waals surface area contributed by atoms with Gasteiger partial charge in [-0.2, -0.15) is 9.97 Å². The summed E-state index contributed by atoms with van der Waals surface area (Å²) in [5.41, 5.74) is 8.31. The van der Waals surface area contributed by atoms with Gasteiger partial charge in [0.05, 0.1) is 21.3 Å². The zero-order chi connectivity index (χ0) is 33.5. The Labute approximate surface area is 294 Å². The fourth-order valence-corrected chi connectivity index (χ4v) is 8.53. The fraction of sp³-hybridized carbons (Fsp3) is 0. The zero-order valence-corrected chi connectivity index (χ0v) is 27.8. The lowest BCUT2D eigenvalue weighted by Crippen LogP contribution is -2.06. The summed E-state index contributed by atoms with van der Waals surface area (Å²) in [6, 6.07) is 51.9. The summed E-state index contributed by atoms with van der Waals surface area (Å²) in [6.45, 7) is 0. The number of fused-ring (bicyclic) bond motifs is 10. The van der Waals surface area contributed by atoms with E-state index in [2.05, 4.69) is 114 Å². The van der Waals surface area contributed by atoms with Gasteiger partial charge in [0.15, 0.2) is 17.2 Å². The number of para-hydroxylation sites is 3. The van der Waals surface area contributed by atoms with Crippen LogP contribution in [0.25, 0.3) is 104 Å². The number of nitrogens with zero attached hydrogens (tertiary/aromatic N) is 5. The van der Waals surface area contributed by atoms with Crippen molar-refractivity contribution < 1.29 is 4.42 Å². The van der Waals surface area contributed by atoms with Crippen LogP contribution in [0.1, 0.15) is 0 Å². The number of benzene rings is 6. The Balaban J connectivity index is 1.11. The highest BCUT2D eigenvalue weighted by molar-refractivity contribution is 7.26. The smallest absolute Gasteiger partial charge is 0.238 e. The van der Waals surface area contributed by atoms with Crippen LogP contribution in [0.15, 0.2) is 156 Å². The van der Waals surface area contributed by atoms with Crippen LogP contribution in [0.2, 0.25) is 0 Å². The first-order valence-corrected chi connectivity index (χ1v) is 17.6. The third-order valence-electron chi connectivity index (χ3n) is 9.68. The first-order chi connectivity index (χ1) is 25.3. The molecule has 11 aromatic rings. The summed E-state index contributed by atoms with van der Waals surface area (Å²) in [5, 5.41) is 5.66. The Morgan fingerprint density at radius 3 is 1.76 bits per heavy atom. The second-order valence-corrected chi connectivity index (χ2v) is 13.7. The normalized spacial score (nSPS) is 11.9. The summed E-state index contributed by atoms with van der Waals surface area (Å²) < 4.78 is 11.1. The van der Waals surface area contributed by atoms with Gasteiger partial charge in [-0.1, -0.05) is 127 Å². The number of thiophene rings is 1. The molecule has 0 saturated carbocycles. The summed E-state index contributed by atoms with van der Waals surface area (Å²) in [4.78, 5) is 20.5. The van der Waals surface area contributed by atoms with Crippen LogP contribution >= 0.6 is 11.3 Å². The van der Waals surface area contributed by atoms with Gasteiger partial charge in [-0.3, -0.25) is 4.57 Å². The van der Waals surface area contributed by atoms with Crippen LogP contribution in [-0.2, 0) is 0 Å². The van der Waals surface area contributed by atoms with Gasteiger partial charge in [-0.15, -0.1) is 11.3 Å². The van der Waals surface area contributed by atoms with Crippen LogP contribution < -0.4 is 0 Å². The standard InChI is InChI=1S/C44H25N5OS/c1-2-12-27(13-3-1)42-46-43(48-44(47-42)49-33-18-8-4-14-29(33)30-15-5-9-19-34(30)49)28-24-22-26(23-25-28)38-40-37(31-16-6-10-20-35(31)50-40)41-39(45-38)32-17-7-11-21-36(32)51-41/h1-25H. The predicted molar refractivity (Wildman–Crippen MR) is 208 cm³/mol. The second kappa shape index (κ2) is 10.9. The number of aromatic nitrogens is 5. The molecule has 7 heteroatoms. The number of furan rings is 1. The monoisotopic (exact) mass is 671 g/mol. The van der Waals surface area contributed by atoms with Crippen LogP contribution in [-0.4, -0.2) is 24.5 Å². The summed E-state index contributed by atoms with van der Waals surface area (Å²) in [7, 11) is 0. The molecule has 51 heavy (non-hydrogen) atoms. The molecule has 0 fully saturated rings. The molecule has 0 spiro atoms. The molecule has 0 aliphatic carbocycles. The maximum atomic E-state index is 6.56. The maximum absolute atomic E-state index is 6.56. The average Bonchev–Trinajstić information content (AvgIpc) is 3.88. The third kappa shape index (κ3) is 4.28. The van der Waals surface area contributed by atoms with Gasteiger partial charge in [0.2, 0.25) is 5.95 Å². The largest absolute Gasteiger partial charge is 0.454 e. The molecule has 0 N–H and O–H groups in total. The quantitative estimate of drug-likeness (QED) is 0.186. The van der Waals surface area contributed by atoms with Gasteiger partial charge in [-0.25, -0.2) is 9.97 Å². The summed E-state index contributed by atoms with van der Waals surface area (Å²) in [6.07, 6.45) is 0. The molecule has 0 aliphatic rings. The van der Waals surface area contributed by atoms with Crippen molar-refractivity contribution in [3.8, 4) is 40.0 Å². The van der Waals surface area contributed by atoms with Gasteiger partial charge in [0.25, 0.3) is 0 Å². The molecule has 238 valence electrons. The fourth-order valence-electron chi connectivity index (χ4n) is 7.33. The minimum atomic E-state index is 0.570. The Bertz CT molecular complexity index is 3090. The minimum Gasteiger partial charge on any atom is -0.454 e. The van der Waals surface area contributed by atoms with Crippen molar-refractivity contribution in [3.63, 3.8) is 0 Å². The molecule has 6 aromatic carbocycles. The molecule has 0 atom stereocenters. The van der Waals surface area contributed by atoms with Gasteiger partial charge in [-0.05, 0) is 24.3 Å². The second-order valence-electron chi connectivity index (χ2n) is 12.6. The maximum Gasteiger partial charge on any atom is 0.238 e. The van der Waals surface area contributed by atoms with Crippen LogP contribution in [0.5, 0.6) is 0 Å². The lowest BCUT2D eigenvalue weighted by atomic mass is 10.0. The van der Waals surface area contributed by atoms with E-state index in [0.29, 0.717) is 17.6 Å². The highest BCUT2D eigenvalue weighted by atomic mass is 32.1. The van der Waals surface area contributed by atoms with Crippen LogP contribution in [0.4, 0.5) is 0 Å². The lowest BCUT2D eigenvalue weighted by molar-refractivity contribution is 0.669. The molecule has 0 bridgehead atoms. The van der Waals surface area contributed by atoms with E-state index in [1.54, 1.807) is 11.3 Å². The SMILES string of the molecule is c1ccc(-c2nc(-c3ccc(-c4nc5c6ccccc6sc5c5c4oc4ccccc45)cc3)nc(-n3c4ccccc4c4ccccc43)n2)cc1. The van der Waals surface area contributed by atoms with Crippen molar-refractivity contribution in [1.82, 2.24) is 24.5 Å². The van der Waals surface area contributed by atoms with Crippen LogP contribution in [0.3, 0.4) is 0 Å². The van der Waals surface area contributed by atoms with Crippen molar-refractivity contribution in [3.05, 3.63) is 152 Å². The van der Waals surface area contributed by atoms with E-state index in [1.165, 1.54) is 4.70 Å². The number of pyridine rings is 1. The number of rotatable bonds is 4. The highest BCUT2D eigenvalue weighted by Crippen LogP contribution is 2.44. The third-order valence-corrected chi connectivity index (χ3v) is 10.9. The predicted octanol–water partition coefficient (Wildman–Crippen LogP) is 11.6. The molecule has 0 amide bonds. The van der Waals surface area contributed by atoms with Gasteiger partial charge >= 0.3 is 0 Å². The molecule has 0 radical (unpaired) electrons. The van der Waals surface area contributed by atoms with Crippen molar-refractivity contribution in [2.45, 2.75) is 0 Å². The molecule has 5 aromatic heterocycles. The van der Waals surface area contributed by atoms with Crippen LogP contribution in [0, 0.1) is 0 Å². The molecule has 0 aliphatic heterocycles. The van der Waals surface area contributed by atoms with E-state index >= 15 is 0 Å². The first-order valence-electron chi connectivity index (χ1n) is 16.8. The molecule has 0 unspecified atom stereocenters. The van der Waals surface area contributed by atoms with E-state index in [9.17, 15) is 0 Å². The Morgan fingerprint density at radius 2 is 1.04 bits per heavy atom. The lowest BCUT2D eigenvalue weighted by Gasteiger charge is -2.11. The number of hydrogen-bond acceptors (Lipinski definition) is 6. The Kier molecular flexibility index (Phi) is 6.02. The topological polar surface area (TPSA) is 69.6 Å².